The average molecular weight is 331 g/mol. The van der Waals surface area contributed by atoms with Crippen molar-refractivity contribution in [2.75, 3.05) is 13.1 Å². The normalized spacial score (nSPS) is 21.2. The molecule has 2 atom stereocenters. The molecule has 0 radical (unpaired) electrons. The minimum Gasteiger partial charge on any atom is -0.335 e. The van der Waals surface area contributed by atoms with Gasteiger partial charge in [0.2, 0.25) is 0 Å². The van der Waals surface area contributed by atoms with Crippen LogP contribution in [0.3, 0.4) is 0 Å². The second-order valence-corrected chi connectivity index (χ2v) is 6.48. The molecule has 128 valence electrons. The summed E-state index contributed by atoms with van der Waals surface area (Å²) in [5.41, 5.74) is -0.248. The minimum atomic E-state index is -0.447. The molecule has 0 bridgehead atoms. The average Bonchev–Trinajstić information content (AvgIpc) is 2.56. The number of amides is 1. The van der Waals surface area contributed by atoms with Crippen molar-refractivity contribution in [3.8, 4) is 0 Å². The van der Waals surface area contributed by atoms with E-state index in [0.29, 0.717) is 18.7 Å². The van der Waals surface area contributed by atoms with E-state index in [1.807, 2.05) is 13.8 Å². The van der Waals surface area contributed by atoms with E-state index >= 15 is 0 Å². The number of pyridine rings is 1. The minimum absolute atomic E-state index is 0.152. The number of rotatable bonds is 1. The Morgan fingerprint density at radius 3 is 2.42 bits per heavy atom. The number of aryl methyl sites for hydroxylation is 1. The molecule has 3 heterocycles. The Bertz CT molecular complexity index is 920. The number of carbonyl (C=O) groups is 1. The first kappa shape index (κ1) is 16.4. The highest BCUT2D eigenvalue weighted by molar-refractivity contribution is 5.96. The fourth-order valence-corrected chi connectivity index (χ4v) is 3.26. The van der Waals surface area contributed by atoms with E-state index in [1.165, 1.54) is 23.9 Å². The van der Waals surface area contributed by atoms with Crippen LogP contribution in [0.2, 0.25) is 0 Å². The summed E-state index contributed by atoms with van der Waals surface area (Å²) in [4.78, 5) is 43.0. The smallest absolute Gasteiger partial charge is 0.332 e. The summed E-state index contributed by atoms with van der Waals surface area (Å²) in [7, 11) is 2.97. The molecule has 8 heteroatoms. The molecular formula is C16H21N5O3. The van der Waals surface area contributed by atoms with Gasteiger partial charge in [-0.3, -0.25) is 18.7 Å². The van der Waals surface area contributed by atoms with Gasteiger partial charge in [0, 0.05) is 45.5 Å². The van der Waals surface area contributed by atoms with Gasteiger partial charge in [-0.2, -0.15) is 0 Å². The van der Waals surface area contributed by atoms with E-state index in [0.717, 1.165) is 4.57 Å². The number of hydrogen-bond acceptors (Lipinski definition) is 5. The highest BCUT2D eigenvalue weighted by Gasteiger charge is 2.26. The van der Waals surface area contributed by atoms with Crippen LogP contribution in [-0.4, -0.2) is 50.1 Å². The predicted octanol–water partition coefficient (Wildman–Crippen LogP) is -0.545. The maximum atomic E-state index is 12.8. The van der Waals surface area contributed by atoms with Crippen molar-refractivity contribution < 1.29 is 4.79 Å². The number of nitrogens with one attached hydrogen (secondary N) is 1. The molecule has 0 aromatic carbocycles. The Balaban J connectivity index is 2.07. The molecule has 2 aromatic heterocycles. The highest BCUT2D eigenvalue weighted by Crippen LogP contribution is 2.13. The summed E-state index contributed by atoms with van der Waals surface area (Å²) in [6.45, 7) is 5.26. The molecule has 0 saturated carbocycles. The fourth-order valence-electron chi connectivity index (χ4n) is 3.26. The van der Waals surface area contributed by atoms with Gasteiger partial charge in [-0.05, 0) is 19.9 Å². The van der Waals surface area contributed by atoms with Crippen LogP contribution in [0.4, 0.5) is 0 Å². The number of fused-ring (bicyclic) bond motifs is 1. The second kappa shape index (κ2) is 5.86. The van der Waals surface area contributed by atoms with Crippen LogP contribution in [0, 0.1) is 0 Å². The van der Waals surface area contributed by atoms with Crippen LogP contribution in [0.15, 0.2) is 21.9 Å². The van der Waals surface area contributed by atoms with Crippen LogP contribution < -0.4 is 16.6 Å². The molecule has 3 rings (SSSR count). The van der Waals surface area contributed by atoms with Gasteiger partial charge >= 0.3 is 5.69 Å². The molecule has 1 aliphatic rings. The molecule has 2 aromatic rings. The van der Waals surface area contributed by atoms with Crippen molar-refractivity contribution in [2.45, 2.75) is 25.9 Å². The van der Waals surface area contributed by atoms with E-state index in [2.05, 4.69) is 10.3 Å². The van der Waals surface area contributed by atoms with E-state index < -0.39 is 11.2 Å². The van der Waals surface area contributed by atoms with Gasteiger partial charge in [-0.25, -0.2) is 9.78 Å². The van der Waals surface area contributed by atoms with Crippen molar-refractivity contribution in [3.05, 3.63) is 38.7 Å². The van der Waals surface area contributed by atoms with Gasteiger partial charge in [0.25, 0.3) is 11.5 Å². The third-order valence-corrected chi connectivity index (χ3v) is 4.38. The molecule has 24 heavy (non-hydrogen) atoms. The van der Waals surface area contributed by atoms with Crippen LogP contribution in [0.1, 0.15) is 24.2 Å². The van der Waals surface area contributed by atoms with Crippen LogP contribution >= 0.6 is 0 Å². The Morgan fingerprint density at radius 1 is 1.17 bits per heavy atom. The van der Waals surface area contributed by atoms with E-state index in [9.17, 15) is 14.4 Å². The first-order chi connectivity index (χ1) is 11.3. The van der Waals surface area contributed by atoms with Crippen LogP contribution in [0.5, 0.6) is 0 Å². The molecule has 1 saturated heterocycles. The lowest BCUT2D eigenvalue weighted by Gasteiger charge is -2.36. The Labute approximate surface area is 138 Å². The largest absolute Gasteiger partial charge is 0.335 e. The molecule has 1 aliphatic heterocycles. The zero-order chi connectivity index (χ0) is 17.6. The fraction of sp³-hybridized carbons (Fsp3) is 0.500. The van der Waals surface area contributed by atoms with E-state index in [4.69, 9.17) is 0 Å². The van der Waals surface area contributed by atoms with Crippen molar-refractivity contribution in [3.63, 3.8) is 0 Å². The number of carbonyl (C=O) groups excluding carboxylic acids is 1. The molecular weight excluding hydrogens is 310 g/mol. The van der Waals surface area contributed by atoms with Gasteiger partial charge in [-0.15, -0.1) is 0 Å². The molecule has 1 N–H and O–H groups in total. The van der Waals surface area contributed by atoms with Gasteiger partial charge in [0.15, 0.2) is 0 Å². The Morgan fingerprint density at radius 2 is 1.79 bits per heavy atom. The lowest BCUT2D eigenvalue weighted by Crippen LogP contribution is -2.55. The van der Waals surface area contributed by atoms with Gasteiger partial charge in [-0.1, -0.05) is 0 Å². The van der Waals surface area contributed by atoms with Gasteiger partial charge < -0.3 is 10.2 Å². The maximum absolute atomic E-state index is 12.8. The van der Waals surface area contributed by atoms with E-state index in [-0.39, 0.29) is 29.0 Å². The highest BCUT2D eigenvalue weighted by atomic mass is 16.2. The maximum Gasteiger partial charge on any atom is 0.332 e. The molecule has 0 spiro atoms. The summed E-state index contributed by atoms with van der Waals surface area (Å²) in [6.07, 6.45) is 1.43. The van der Waals surface area contributed by atoms with Crippen LogP contribution in [-0.2, 0) is 14.1 Å². The monoisotopic (exact) mass is 331 g/mol. The third kappa shape index (κ3) is 2.62. The number of hydrogen-bond donors (Lipinski definition) is 1. The summed E-state index contributed by atoms with van der Waals surface area (Å²) in [5, 5.41) is 3.64. The van der Waals surface area contributed by atoms with Crippen molar-refractivity contribution in [2.24, 2.45) is 14.1 Å². The zero-order valence-corrected chi connectivity index (χ0v) is 14.2. The first-order valence-corrected chi connectivity index (χ1v) is 7.90. The molecule has 0 aliphatic carbocycles. The molecule has 1 fully saturated rings. The lowest BCUT2D eigenvalue weighted by atomic mass is 10.1. The Hall–Kier alpha value is -2.48. The quantitative estimate of drug-likeness (QED) is 0.758. The summed E-state index contributed by atoms with van der Waals surface area (Å²) < 4.78 is 2.33. The first-order valence-electron chi connectivity index (χ1n) is 7.90. The van der Waals surface area contributed by atoms with Gasteiger partial charge in [0.05, 0.1) is 10.9 Å². The van der Waals surface area contributed by atoms with Crippen molar-refractivity contribution >= 4 is 16.9 Å². The van der Waals surface area contributed by atoms with Crippen LogP contribution in [0.25, 0.3) is 11.0 Å². The lowest BCUT2D eigenvalue weighted by molar-refractivity contribution is 0.0673. The number of nitrogens with zero attached hydrogens (tertiary/aromatic N) is 4. The topological polar surface area (TPSA) is 89.2 Å². The van der Waals surface area contributed by atoms with Gasteiger partial charge in [0.1, 0.15) is 5.65 Å². The van der Waals surface area contributed by atoms with E-state index in [1.54, 1.807) is 11.9 Å². The summed E-state index contributed by atoms with van der Waals surface area (Å²) in [6, 6.07) is 1.95. The number of piperazine rings is 1. The standard InChI is InChI=1S/C16H21N5O3/c1-9-7-21(8-10(2)18-9)14(22)11-5-12-13(17-6-11)19(3)16(24)20(4)15(12)23/h5-6,9-10,18H,7-8H2,1-4H3. The second-order valence-electron chi connectivity index (χ2n) is 6.48. The summed E-state index contributed by atoms with van der Waals surface area (Å²) >= 11 is 0. The zero-order valence-electron chi connectivity index (χ0n) is 14.2. The van der Waals surface area contributed by atoms with Crippen molar-refractivity contribution in [1.82, 2.24) is 24.3 Å². The molecule has 2 unspecified atom stereocenters. The number of aromatic nitrogens is 3. The molecule has 8 nitrogen and oxygen atoms in total. The third-order valence-electron chi connectivity index (χ3n) is 4.38. The SMILES string of the molecule is CC1CN(C(=O)c2cnc3c(c2)c(=O)n(C)c(=O)n3C)CC(C)N1. The molecule has 1 amide bonds. The summed E-state index contributed by atoms with van der Waals surface area (Å²) in [5.74, 6) is -0.152. The van der Waals surface area contributed by atoms with Crippen molar-refractivity contribution in [1.29, 1.82) is 0 Å². The Kier molecular flexibility index (Phi) is 4.00. The predicted molar refractivity (Wildman–Crippen MR) is 90.2 cm³/mol.